The quantitative estimate of drug-likeness (QED) is 0.943. The van der Waals surface area contributed by atoms with Gasteiger partial charge in [0.15, 0.2) is 10.3 Å². The van der Waals surface area contributed by atoms with Gasteiger partial charge in [0.2, 0.25) is 0 Å². The molecular weight excluding hydrogens is 301 g/mol. The molecule has 0 aliphatic rings. The van der Waals surface area contributed by atoms with Crippen molar-refractivity contribution in [2.75, 3.05) is 7.11 Å². The van der Waals surface area contributed by atoms with Crippen molar-refractivity contribution in [3.63, 3.8) is 0 Å². The summed E-state index contributed by atoms with van der Waals surface area (Å²) in [7, 11) is 1.59. The van der Waals surface area contributed by atoms with Crippen molar-refractivity contribution in [1.29, 1.82) is 0 Å². The summed E-state index contributed by atoms with van der Waals surface area (Å²) in [5.74, 6) is 0.359. The highest BCUT2D eigenvalue weighted by Gasteiger charge is 2.12. The van der Waals surface area contributed by atoms with Gasteiger partial charge in [-0.3, -0.25) is 4.79 Å². The Bertz CT molecular complexity index is 635. The molecule has 2 rings (SSSR count). The molecule has 1 aromatic heterocycles. The van der Waals surface area contributed by atoms with E-state index in [0.29, 0.717) is 6.54 Å². The lowest BCUT2D eigenvalue weighted by molar-refractivity contribution is 0.0950. The molecule has 1 heterocycles. The Balaban J connectivity index is 2.06. The Kier molecular flexibility index (Phi) is 4.76. The van der Waals surface area contributed by atoms with E-state index in [1.54, 1.807) is 7.11 Å². The zero-order chi connectivity index (χ0) is 14.5. The number of benzene rings is 1. The maximum absolute atomic E-state index is 12.0. The molecule has 1 N–H and O–H groups in total. The normalized spacial score (nSPS) is 10.2. The Morgan fingerprint density at radius 2 is 2.10 bits per heavy atom. The Morgan fingerprint density at radius 3 is 2.85 bits per heavy atom. The maximum Gasteiger partial charge on any atom is 0.254 e. The predicted molar refractivity (Wildman–Crippen MR) is 76.2 cm³/mol. The molecule has 0 radical (unpaired) electrons. The summed E-state index contributed by atoms with van der Waals surface area (Å²) in [4.78, 5) is 12.0. The van der Waals surface area contributed by atoms with Gasteiger partial charge in [0.05, 0.1) is 12.7 Å². The molecule has 1 aromatic carbocycles. The summed E-state index contributed by atoms with van der Waals surface area (Å²) in [6, 6.07) is 8.76. The van der Waals surface area contributed by atoms with Crippen LogP contribution < -0.4 is 10.1 Å². The first-order valence-corrected chi connectivity index (χ1v) is 6.45. The molecule has 0 fully saturated rings. The van der Waals surface area contributed by atoms with Crippen molar-refractivity contribution in [1.82, 2.24) is 15.5 Å². The molecule has 0 aliphatic carbocycles. The van der Waals surface area contributed by atoms with E-state index < -0.39 is 0 Å². The Hall–Kier alpha value is -1.85. The van der Waals surface area contributed by atoms with E-state index >= 15 is 0 Å². The molecule has 1 amide bonds. The van der Waals surface area contributed by atoms with Crippen molar-refractivity contribution in [3.05, 3.63) is 51.8 Å². The molecule has 7 heteroatoms. The van der Waals surface area contributed by atoms with E-state index in [2.05, 4.69) is 15.5 Å². The minimum absolute atomic E-state index is 0.0116. The van der Waals surface area contributed by atoms with Gasteiger partial charge in [-0.2, -0.15) is 0 Å². The molecule has 0 bridgehead atoms. The van der Waals surface area contributed by atoms with Gasteiger partial charge in [-0.15, -0.1) is 10.2 Å². The first kappa shape index (κ1) is 14.6. The number of methoxy groups -OCH3 is 1. The zero-order valence-corrected chi connectivity index (χ0v) is 12.1. The standard InChI is InChI=1S/C13H11Cl2N3O2/c1-20-9-4-2-3-8(5-9)7-16-13(19)10-6-11(14)17-18-12(10)15/h2-6H,7H2,1H3,(H,16,19). The number of hydrogen-bond donors (Lipinski definition) is 1. The summed E-state index contributed by atoms with van der Waals surface area (Å²) in [5.41, 5.74) is 1.09. The van der Waals surface area contributed by atoms with Crippen LogP contribution in [0.4, 0.5) is 0 Å². The van der Waals surface area contributed by atoms with Gasteiger partial charge in [-0.25, -0.2) is 0 Å². The number of amides is 1. The van der Waals surface area contributed by atoms with Gasteiger partial charge in [-0.05, 0) is 23.8 Å². The number of nitrogens with one attached hydrogen (secondary N) is 1. The van der Waals surface area contributed by atoms with Crippen LogP contribution in [0.1, 0.15) is 15.9 Å². The smallest absolute Gasteiger partial charge is 0.254 e. The third-order valence-corrected chi connectivity index (χ3v) is 3.01. The molecule has 0 unspecified atom stereocenters. The minimum Gasteiger partial charge on any atom is -0.497 e. The van der Waals surface area contributed by atoms with Crippen molar-refractivity contribution >= 4 is 29.1 Å². The van der Waals surface area contributed by atoms with Crippen molar-refractivity contribution in [2.24, 2.45) is 0 Å². The largest absolute Gasteiger partial charge is 0.497 e. The van der Waals surface area contributed by atoms with Gasteiger partial charge in [0.25, 0.3) is 5.91 Å². The molecular formula is C13H11Cl2N3O2. The van der Waals surface area contributed by atoms with Gasteiger partial charge in [0, 0.05) is 6.54 Å². The van der Waals surface area contributed by atoms with Crippen LogP contribution in [0, 0.1) is 0 Å². The molecule has 0 spiro atoms. The molecule has 5 nitrogen and oxygen atoms in total. The van der Waals surface area contributed by atoms with Gasteiger partial charge in [-0.1, -0.05) is 35.3 Å². The third-order valence-electron chi connectivity index (χ3n) is 2.55. The number of carbonyl (C=O) groups excluding carboxylic acids is 1. The van der Waals surface area contributed by atoms with Gasteiger partial charge < -0.3 is 10.1 Å². The van der Waals surface area contributed by atoms with E-state index in [-0.39, 0.29) is 21.8 Å². The van der Waals surface area contributed by atoms with Crippen LogP contribution in [0.3, 0.4) is 0 Å². The van der Waals surface area contributed by atoms with Crippen molar-refractivity contribution in [3.8, 4) is 5.75 Å². The van der Waals surface area contributed by atoms with E-state index in [1.807, 2.05) is 24.3 Å². The fourth-order valence-electron chi connectivity index (χ4n) is 1.57. The minimum atomic E-state index is -0.366. The lowest BCUT2D eigenvalue weighted by atomic mass is 10.2. The highest BCUT2D eigenvalue weighted by atomic mass is 35.5. The summed E-state index contributed by atoms with van der Waals surface area (Å²) in [6.07, 6.45) is 0. The number of halogens is 2. The zero-order valence-electron chi connectivity index (χ0n) is 10.6. The predicted octanol–water partition coefficient (Wildman–Crippen LogP) is 2.72. The summed E-state index contributed by atoms with van der Waals surface area (Å²) in [6.45, 7) is 0.340. The van der Waals surface area contributed by atoms with Crippen LogP contribution in [-0.4, -0.2) is 23.2 Å². The average molecular weight is 312 g/mol. The van der Waals surface area contributed by atoms with Crippen LogP contribution in [0.2, 0.25) is 10.3 Å². The Labute approximate surface area is 125 Å². The molecule has 20 heavy (non-hydrogen) atoms. The first-order chi connectivity index (χ1) is 9.60. The lowest BCUT2D eigenvalue weighted by Crippen LogP contribution is -2.23. The number of nitrogens with zero attached hydrogens (tertiary/aromatic N) is 2. The van der Waals surface area contributed by atoms with E-state index in [4.69, 9.17) is 27.9 Å². The molecule has 0 atom stereocenters. The second-order valence-corrected chi connectivity index (χ2v) is 4.65. The fraction of sp³-hybridized carbons (Fsp3) is 0.154. The molecule has 0 saturated heterocycles. The van der Waals surface area contributed by atoms with Crippen LogP contribution in [0.5, 0.6) is 5.75 Å². The number of hydrogen-bond acceptors (Lipinski definition) is 4. The highest BCUT2D eigenvalue weighted by Crippen LogP contribution is 2.16. The van der Waals surface area contributed by atoms with Crippen LogP contribution >= 0.6 is 23.2 Å². The van der Waals surface area contributed by atoms with E-state index in [0.717, 1.165) is 11.3 Å². The molecule has 0 aliphatic heterocycles. The number of rotatable bonds is 4. The van der Waals surface area contributed by atoms with E-state index in [9.17, 15) is 4.79 Å². The van der Waals surface area contributed by atoms with Crippen LogP contribution in [0.15, 0.2) is 30.3 Å². The molecule has 104 valence electrons. The highest BCUT2D eigenvalue weighted by molar-refractivity contribution is 6.34. The van der Waals surface area contributed by atoms with Crippen molar-refractivity contribution < 1.29 is 9.53 Å². The Morgan fingerprint density at radius 1 is 1.30 bits per heavy atom. The summed E-state index contributed by atoms with van der Waals surface area (Å²) < 4.78 is 5.11. The topological polar surface area (TPSA) is 64.1 Å². The fourth-order valence-corrected chi connectivity index (χ4v) is 1.90. The number of ether oxygens (including phenoxy) is 1. The number of carbonyl (C=O) groups is 1. The second-order valence-electron chi connectivity index (χ2n) is 3.91. The van der Waals surface area contributed by atoms with Crippen LogP contribution in [-0.2, 0) is 6.54 Å². The maximum atomic E-state index is 12.0. The van der Waals surface area contributed by atoms with Crippen LogP contribution in [0.25, 0.3) is 0 Å². The SMILES string of the molecule is COc1cccc(CNC(=O)c2cc(Cl)nnc2Cl)c1. The molecule has 2 aromatic rings. The lowest BCUT2D eigenvalue weighted by Gasteiger charge is -2.07. The van der Waals surface area contributed by atoms with Gasteiger partial charge in [0.1, 0.15) is 5.75 Å². The average Bonchev–Trinajstić information content (AvgIpc) is 2.47. The molecule has 0 saturated carbocycles. The number of aromatic nitrogens is 2. The first-order valence-electron chi connectivity index (χ1n) is 5.70. The second kappa shape index (κ2) is 6.54. The van der Waals surface area contributed by atoms with E-state index in [1.165, 1.54) is 6.07 Å². The monoisotopic (exact) mass is 311 g/mol. The van der Waals surface area contributed by atoms with Crippen molar-refractivity contribution in [2.45, 2.75) is 6.54 Å². The third kappa shape index (κ3) is 3.59. The summed E-state index contributed by atoms with van der Waals surface area (Å²) >= 11 is 11.5. The van der Waals surface area contributed by atoms with Gasteiger partial charge >= 0.3 is 0 Å². The summed E-state index contributed by atoms with van der Waals surface area (Å²) in [5, 5.41) is 9.99.